The van der Waals surface area contributed by atoms with Gasteiger partial charge in [0.25, 0.3) is 0 Å². The van der Waals surface area contributed by atoms with Crippen LogP contribution in [0.25, 0.3) is 0 Å². The summed E-state index contributed by atoms with van der Waals surface area (Å²) < 4.78 is 0. The molecule has 1 unspecified atom stereocenters. The average molecular weight is 248 g/mol. The number of nitrogens with one attached hydrogen (secondary N) is 2. The van der Waals surface area contributed by atoms with E-state index in [2.05, 4.69) is 27.5 Å². The van der Waals surface area contributed by atoms with Crippen LogP contribution in [-0.2, 0) is 0 Å². The van der Waals surface area contributed by atoms with Crippen LogP contribution in [0.15, 0.2) is 12.4 Å². The van der Waals surface area contributed by atoms with Gasteiger partial charge in [0.15, 0.2) is 0 Å². The molecule has 4 heteroatoms. The van der Waals surface area contributed by atoms with Crippen LogP contribution in [0.2, 0.25) is 0 Å². The normalized spacial score (nSPS) is 18.3. The van der Waals surface area contributed by atoms with Gasteiger partial charge in [-0.1, -0.05) is 26.2 Å². The van der Waals surface area contributed by atoms with E-state index in [9.17, 15) is 0 Å². The van der Waals surface area contributed by atoms with E-state index in [0.717, 1.165) is 24.0 Å². The maximum atomic E-state index is 4.49. The Morgan fingerprint density at radius 3 is 2.61 bits per heavy atom. The zero-order chi connectivity index (χ0) is 12.8. The van der Waals surface area contributed by atoms with Crippen molar-refractivity contribution in [2.45, 2.75) is 51.5 Å². The van der Waals surface area contributed by atoms with Crippen LogP contribution in [0.1, 0.15) is 45.4 Å². The van der Waals surface area contributed by atoms with Gasteiger partial charge >= 0.3 is 0 Å². The summed E-state index contributed by atoms with van der Waals surface area (Å²) >= 11 is 0. The molecule has 2 rings (SSSR count). The Kier molecular flexibility index (Phi) is 4.79. The van der Waals surface area contributed by atoms with Gasteiger partial charge in [-0.25, -0.2) is 4.98 Å². The van der Waals surface area contributed by atoms with E-state index < -0.39 is 0 Å². The number of anilines is 2. The maximum absolute atomic E-state index is 4.49. The molecule has 4 nitrogen and oxygen atoms in total. The van der Waals surface area contributed by atoms with Crippen molar-refractivity contribution in [1.29, 1.82) is 0 Å². The summed E-state index contributed by atoms with van der Waals surface area (Å²) in [5.41, 5.74) is 0. The Balaban J connectivity index is 1.99. The van der Waals surface area contributed by atoms with Crippen molar-refractivity contribution in [3.63, 3.8) is 0 Å². The van der Waals surface area contributed by atoms with Crippen LogP contribution in [0.4, 0.5) is 11.6 Å². The fraction of sp³-hybridized carbons (Fsp3) is 0.714. The van der Waals surface area contributed by atoms with E-state index in [0.29, 0.717) is 6.04 Å². The lowest BCUT2D eigenvalue weighted by Gasteiger charge is -2.30. The smallest absolute Gasteiger partial charge is 0.147 e. The summed E-state index contributed by atoms with van der Waals surface area (Å²) in [6, 6.07) is 0.534. The molecule has 0 amide bonds. The molecule has 1 aliphatic carbocycles. The predicted octanol–water partition coefficient (Wildman–Crippen LogP) is 3.29. The summed E-state index contributed by atoms with van der Waals surface area (Å²) in [5.74, 6) is 2.50. The van der Waals surface area contributed by atoms with Crippen molar-refractivity contribution < 1.29 is 0 Å². The van der Waals surface area contributed by atoms with Crippen molar-refractivity contribution in [3.05, 3.63) is 12.4 Å². The van der Waals surface area contributed by atoms with Gasteiger partial charge in [-0.05, 0) is 25.2 Å². The van der Waals surface area contributed by atoms with Crippen LogP contribution in [-0.4, -0.2) is 23.1 Å². The van der Waals surface area contributed by atoms with Gasteiger partial charge in [0.1, 0.15) is 11.6 Å². The molecule has 0 bridgehead atoms. The first-order chi connectivity index (χ1) is 8.83. The van der Waals surface area contributed by atoms with Crippen LogP contribution >= 0.6 is 0 Å². The first-order valence-electron chi connectivity index (χ1n) is 7.09. The molecule has 2 N–H and O–H groups in total. The van der Waals surface area contributed by atoms with Gasteiger partial charge in [-0.3, -0.25) is 4.98 Å². The Labute approximate surface area is 110 Å². The highest BCUT2D eigenvalue weighted by atomic mass is 15.1. The molecule has 0 aliphatic heterocycles. The van der Waals surface area contributed by atoms with E-state index in [1.165, 1.54) is 32.1 Å². The number of hydrogen-bond donors (Lipinski definition) is 2. The van der Waals surface area contributed by atoms with E-state index in [1.54, 1.807) is 6.20 Å². The number of rotatable bonds is 5. The zero-order valence-electron chi connectivity index (χ0n) is 11.4. The molecule has 1 atom stereocenters. The monoisotopic (exact) mass is 248 g/mol. The molecule has 0 radical (unpaired) electrons. The lowest BCUT2D eigenvalue weighted by atomic mass is 9.83. The van der Waals surface area contributed by atoms with Gasteiger partial charge in [0.05, 0.1) is 12.4 Å². The molecular formula is C14H24N4. The highest BCUT2D eigenvalue weighted by Crippen LogP contribution is 2.29. The molecule has 1 aromatic heterocycles. The molecular weight excluding hydrogens is 224 g/mol. The first kappa shape index (κ1) is 13.1. The second kappa shape index (κ2) is 6.57. The van der Waals surface area contributed by atoms with Crippen LogP contribution in [0, 0.1) is 5.92 Å². The lowest BCUT2D eigenvalue weighted by molar-refractivity contribution is 0.312. The third kappa shape index (κ3) is 3.34. The zero-order valence-corrected chi connectivity index (χ0v) is 11.4. The second-order valence-electron chi connectivity index (χ2n) is 5.10. The van der Waals surface area contributed by atoms with E-state index >= 15 is 0 Å². The topological polar surface area (TPSA) is 49.8 Å². The maximum Gasteiger partial charge on any atom is 0.147 e. The molecule has 0 saturated heterocycles. The largest absolute Gasteiger partial charge is 0.372 e. The minimum Gasteiger partial charge on any atom is -0.372 e. The number of hydrogen-bond acceptors (Lipinski definition) is 4. The quantitative estimate of drug-likeness (QED) is 0.839. The molecule has 1 fully saturated rings. The van der Waals surface area contributed by atoms with Crippen LogP contribution in [0.5, 0.6) is 0 Å². The van der Waals surface area contributed by atoms with Gasteiger partial charge in [-0.15, -0.1) is 0 Å². The Hall–Kier alpha value is -1.32. The number of aromatic nitrogens is 2. The SMILES string of the molecule is CCC(Nc1cncc(NC)n1)C1CCCCC1. The third-order valence-electron chi connectivity index (χ3n) is 3.88. The Morgan fingerprint density at radius 2 is 1.94 bits per heavy atom. The van der Waals surface area contributed by atoms with Crippen molar-refractivity contribution in [2.75, 3.05) is 17.7 Å². The highest BCUT2D eigenvalue weighted by Gasteiger charge is 2.22. The van der Waals surface area contributed by atoms with Crippen molar-refractivity contribution in [1.82, 2.24) is 9.97 Å². The Bertz CT molecular complexity index is 361. The predicted molar refractivity (Wildman–Crippen MR) is 75.9 cm³/mol. The van der Waals surface area contributed by atoms with Gasteiger partial charge in [0.2, 0.25) is 0 Å². The molecule has 1 saturated carbocycles. The second-order valence-corrected chi connectivity index (χ2v) is 5.10. The molecule has 1 aromatic rings. The summed E-state index contributed by atoms with van der Waals surface area (Å²) in [6.45, 7) is 2.25. The third-order valence-corrected chi connectivity index (χ3v) is 3.88. The molecule has 100 valence electrons. The molecule has 0 spiro atoms. The molecule has 18 heavy (non-hydrogen) atoms. The van der Waals surface area contributed by atoms with E-state index in [1.807, 2.05) is 13.2 Å². The van der Waals surface area contributed by atoms with Crippen molar-refractivity contribution in [2.24, 2.45) is 5.92 Å². The fourth-order valence-electron chi connectivity index (χ4n) is 2.84. The summed E-state index contributed by atoms with van der Waals surface area (Å²) in [5, 5.41) is 6.58. The first-order valence-corrected chi connectivity index (χ1v) is 7.09. The van der Waals surface area contributed by atoms with E-state index in [-0.39, 0.29) is 0 Å². The van der Waals surface area contributed by atoms with Gasteiger partial charge < -0.3 is 10.6 Å². The number of nitrogens with zero attached hydrogens (tertiary/aromatic N) is 2. The van der Waals surface area contributed by atoms with Crippen molar-refractivity contribution >= 4 is 11.6 Å². The summed E-state index contributed by atoms with van der Waals surface area (Å²) in [4.78, 5) is 8.69. The van der Waals surface area contributed by atoms with Gasteiger partial charge in [-0.2, -0.15) is 0 Å². The van der Waals surface area contributed by atoms with Crippen LogP contribution < -0.4 is 10.6 Å². The highest BCUT2D eigenvalue weighted by molar-refractivity contribution is 5.41. The summed E-state index contributed by atoms with van der Waals surface area (Å²) in [6.07, 6.45) is 11.6. The van der Waals surface area contributed by atoms with Crippen molar-refractivity contribution in [3.8, 4) is 0 Å². The molecule has 1 heterocycles. The standard InChI is InChI=1S/C14H24N4/c1-3-12(11-7-5-4-6-8-11)17-14-10-16-9-13(15-2)18-14/h9-12H,3-8H2,1-2H3,(H2,15,17,18). The Morgan fingerprint density at radius 1 is 1.22 bits per heavy atom. The summed E-state index contributed by atoms with van der Waals surface area (Å²) in [7, 11) is 1.87. The fourth-order valence-corrected chi connectivity index (χ4v) is 2.84. The van der Waals surface area contributed by atoms with Crippen LogP contribution in [0.3, 0.4) is 0 Å². The minimum absolute atomic E-state index is 0.534. The average Bonchev–Trinajstić information content (AvgIpc) is 2.46. The molecule has 0 aromatic carbocycles. The van der Waals surface area contributed by atoms with Gasteiger partial charge in [0, 0.05) is 13.1 Å². The molecule has 1 aliphatic rings. The van der Waals surface area contributed by atoms with E-state index in [4.69, 9.17) is 0 Å². The lowest BCUT2D eigenvalue weighted by Crippen LogP contribution is -2.30. The minimum atomic E-state index is 0.534.